The average Bonchev–Trinajstić information content (AvgIpc) is 2.72. The molecular weight excluding hydrogens is 385 g/mol. The van der Waals surface area contributed by atoms with Gasteiger partial charge in [0.2, 0.25) is 0 Å². The summed E-state index contributed by atoms with van der Waals surface area (Å²) in [6, 6.07) is 7.46. The van der Waals surface area contributed by atoms with Crippen molar-refractivity contribution in [2.24, 2.45) is 0 Å². The molecule has 5 nitrogen and oxygen atoms in total. The lowest BCUT2D eigenvalue weighted by Gasteiger charge is -2.35. The summed E-state index contributed by atoms with van der Waals surface area (Å²) in [5.41, 5.74) is 1.23. The van der Waals surface area contributed by atoms with Crippen LogP contribution in [0.2, 0.25) is 0 Å². The highest BCUT2D eigenvalue weighted by Gasteiger charge is 2.26. The molecule has 29 heavy (non-hydrogen) atoms. The number of benzene rings is 1. The zero-order valence-corrected chi connectivity index (χ0v) is 20.0. The fourth-order valence-electron chi connectivity index (χ4n) is 3.66. The van der Waals surface area contributed by atoms with Crippen LogP contribution in [-0.4, -0.2) is 42.2 Å². The Morgan fingerprint density at radius 2 is 1.41 bits per heavy atom. The van der Waals surface area contributed by atoms with Gasteiger partial charge in [-0.05, 0) is 51.3 Å². The van der Waals surface area contributed by atoms with E-state index in [1.807, 2.05) is 12.1 Å². The minimum Gasteiger partial charge on any atom is -0.404 e. The van der Waals surface area contributed by atoms with Gasteiger partial charge < -0.3 is 9.01 Å². The number of phosphoric ester groups is 1. The van der Waals surface area contributed by atoms with Crippen molar-refractivity contribution in [1.29, 1.82) is 0 Å². The minimum absolute atomic E-state index is 0.208. The number of quaternary nitrogens is 1. The third-order valence-electron chi connectivity index (χ3n) is 6.05. The quantitative estimate of drug-likeness (QED) is 0.178. The molecule has 0 fully saturated rings. The van der Waals surface area contributed by atoms with Crippen LogP contribution in [0, 0.1) is 0 Å². The van der Waals surface area contributed by atoms with Gasteiger partial charge in [-0.2, -0.15) is 0 Å². The molecule has 1 rings (SSSR count). The molecule has 0 saturated carbocycles. The molecular formula is C23H43NO4P+. The molecule has 1 aromatic rings. The van der Waals surface area contributed by atoms with Gasteiger partial charge in [-0.25, -0.2) is 4.57 Å². The molecule has 0 amide bonds. The summed E-state index contributed by atoms with van der Waals surface area (Å²) in [5, 5.41) is 0. The summed E-state index contributed by atoms with van der Waals surface area (Å²) in [4.78, 5) is 10.0. The molecule has 0 spiro atoms. The second kappa shape index (κ2) is 14.2. The van der Waals surface area contributed by atoms with E-state index in [1.54, 1.807) is 12.1 Å². The molecule has 0 aliphatic heterocycles. The van der Waals surface area contributed by atoms with E-state index in [0.29, 0.717) is 12.3 Å². The Morgan fingerprint density at radius 3 is 1.97 bits per heavy atom. The van der Waals surface area contributed by atoms with E-state index >= 15 is 0 Å². The number of hydrogen-bond donors (Lipinski definition) is 1. The van der Waals surface area contributed by atoms with Gasteiger partial charge in [0.15, 0.2) is 0 Å². The van der Waals surface area contributed by atoms with Crippen LogP contribution < -0.4 is 4.52 Å². The first-order valence-electron chi connectivity index (χ1n) is 11.5. The lowest BCUT2D eigenvalue weighted by atomic mass is 10.0. The number of likely N-dealkylation sites (N-methyl/N-ethyl adjacent to an activating group) is 1. The monoisotopic (exact) mass is 428 g/mol. The van der Waals surface area contributed by atoms with Crippen LogP contribution in [0.1, 0.15) is 78.2 Å². The summed E-state index contributed by atoms with van der Waals surface area (Å²) in [7, 11) is -4.10. The number of rotatable bonds is 17. The SMILES string of the molecule is CCCCCCCCCc1ccc(OP(=O)(O)OCC[N+](CC)(CC)CC)cc1. The van der Waals surface area contributed by atoms with Crippen molar-refractivity contribution >= 4 is 7.82 Å². The van der Waals surface area contributed by atoms with Crippen molar-refractivity contribution in [1.82, 2.24) is 0 Å². The van der Waals surface area contributed by atoms with Crippen LogP contribution in [-0.2, 0) is 15.5 Å². The number of hydrogen-bond acceptors (Lipinski definition) is 3. The third-order valence-corrected chi connectivity index (χ3v) is 7.00. The van der Waals surface area contributed by atoms with E-state index in [4.69, 9.17) is 9.05 Å². The van der Waals surface area contributed by atoms with Crippen molar-refractivity contribution in [2.45, 2.75) is 79.1 Å². The highest BCUT2D eigenvalue weighted by Crippen LogP contribution is 2.43. The van der Waals surface area contributed by atoms with Crippen molar-refractivity contribution < 1.29 is 23.0 Å². The van der Waals surface area contributed by atoms with Gasteiger partial charge in [0, 0.05) is 0 Å². The fraction of sp³-hybridized carbons (Fsp3) is 0.739. The van der Waals surface area contributed by atoms with Crippen LogP contribution in [0.3, 0.4) is 0 Å². The Bertz CT molecular complexity index is 579. The van der Waals surface area contributed by atoms with Crippen molar-refractivity contribution in [2.75, 3.05) is 32.8 Å². The zero-order chi connectivity index (χ0) is 21.6. The van der Waals surface area contributed by atoms with E-state index in [-0.39, 0.29) is 6.61 Å². The van der Waals surface area contributed by atoms with Gasteiger partial charge in [-0.1, -0.05) is 57.6 Å². The standard InChI is InChI=1S/C23H42NO4P/c1-5-9-10-11-12-13-14-15-22-16-18-23(19-17-22)28-29(25,26)27-21-20-24(6-2,7-3)8-4/h16-19H,5-15,20-21H2,1-4H3/p+1. The minimum atomic E-state index is -4.10. The Hall–Kier alpha value is -0.870. The summed E-state index contributed by atoms with van der Waals surface area (Å²) in [5.74, 6) is 0.376. The molecule has 1 atom stereocenters. The Balaban J connectivity index is 2.36. The van der Waals surface area contributed by atoms with Crippen LogP contribution in [0.5, 0.6) is 5.75 Å². The topological polar surface area (TPSA) is 55.8 Å². The summed E-state index contributed by atoms with van der Waals surface area (Å²) in [6.07, 6.45) is 10.1. The van der Waals surface area contributed by atoms with Crippen LogP contribution in [0.25, 0.3) is 0 Å². The van der Waals surface area contributed by atoms with Gasteiger partial charge in [0.25, 0.3) is 0 Å². The molecule has 0 aliphatic carbocycles. The molecule has 0 aromatic heterocycles. The van der Waals surface area contributed by atoms with Gasteiger partial charge in [-0.3, -0.25) is 9.42 Å². The number of nitrogens with zero attached hydrogens (tertiary/aromatic N) is 1. The first-order valence-corrected chi connectivity index (χ1v) is 13.0. The van der Waals surface area contributed by atoms with Gasteiger partial charge in [0.1, 0.15) is 18.9 Å². The molecule has 0 bridgehead atoms. The predicted molar refractivity (Wildman–Crippen MR) is 121 cm³/mol. The van der Waals surface area contributed by atoms with E-state index in [0.717, 1.165) is 30.5 Å². The fourth-order valence-corrected chi connectivity index (χ4v) is 4.41. The first kappa shape index (κ1) is 26.2. The van der Waals surface area contributed by atoms with Gasteiger partial charge in [0.05, 0.1) is 19.6 Å². The average molecular weight is 429 g/mol. The summed E-state index contributed by atoms with van der Waals surface area (Å²) < 4.78 is 23.6. The van der Waals surface area contributed by atoms with Crippen LogP contribution in [0.4, 0.5) is 0 Å². The first-order chi connectivity index (χ1) is 13.9. The lowest BCUT2D eigenvalue weighted by Crippen LogP contribution is -2.49. The molecule has 1 N–H and O–H groups in total. The zero-order valence-electron chi connectivity index (χ0n) is 19.1. The van der Waals surface area contributed by atoms with E-state index in [1.165, 1.54) is 50.5 Å². The number of unbranched alkanes of at least 4 members (excludes halogenated alkanes) is 6. The van der Waals surface area contributed by atoms with Crippen LogP contribution >= 0.6 is 7.82 Å². The highest BCUT2D eigenvalue weighted by atomic mass is 31.2. The lowest BCUT2D eigenvalue weighted by molar-refractivity contribution is -0.923. The maximum absolute atomic E-state index is 12.2. The van der Waals surface area contributed by atoms with Crippen LogP contribution in [0.15, 0.2) is 24.3 Å². The Labute approximate surface area is 178 Å². The molecule has 0 radical (unpaired) electrons. The Morgan fingerprint density at radius 1 is 0.862 bits per heavy atom. The Kier molecular flexibility index (Phi) is 12.8. The molecule has 6 heteroatoms. The molecule has 0 aliphatic rings. The maximum atomic E-state index is 12.2. The van der Waals surface area contributed by atoms with Crippen molar-refractivity contribution in [3.8, 4) is 5.75 Å². The van der Waals surface area contributed by atoms with Crippen molar-refractivity contribution in [3.63, 3.8) is 0 Å². The molecule has 0 heterocycles. The van der Waals surface area contributed by atoms with Crippen molar-refractivity contribution in [3.05, 3.63) is 29.8 Å². The largest absolute Gasteiger partial charge is 0.527 e. The third kappa shape index (κ3) is 10.6. The second-order valence-corrected chi connectivity index (χ2v) is 9.30. The molecule has 1 aromatic carbocycles. The highest BCUT2D eigenvalue weighted by molar-refractivity contribution is 7.47. The summed E-state index contributed by atoms with van der Waals surface area (Å²) in [6.45, 7) is 12.5. The maximum Gasteiger partial charge on any atom is 0.527 e. The summed E-state index contributed by atoms with van der Waals surface area (Å²) >= 11 is 0. The van der Waals surface area contributed by atoms with Gasteiger partial charge in [-0.15, -0.1) is 0 Å². The number of phosphoric acid groups is 1. The van der Waals surface area contributed by atoms with E-state index in [2.05, 4.69) is 27.7 Å². The molecule has 168 valence electrons. The van der Waals surface area contributed by atoms with E-state index < -0.39 is 7.82 Å². The smallest absolute Gasteiger partial charge is 0.404 e. The van der Waals surface area contributed by atoms with Gasteiger partial charge >= 0.3 is 7.82 Å². The second-order valence-electron chi connectivity index (χ2n) is 7.92. The molecule has 1 unspecified atom stereocenters. The number of aryl methyl sites for hydroxylation is 1. The predicted octanol–water partition coefficient (Wildman–Crippen LogP) is 6.35. The van der Waals surface area contributed by atoms with E-state index in [9.17, 15) is 9.46 Å². The normalized spacial score (nSPS) is 14.0. The molecule has 0 saturated heterocycles.